The van der Waals surface area contributed by atoms with Gasteiger partial charge in [0.25, 0.3) is 0 Å². The molecule has 4 rings (SSSR count). The minimum atomic E-state index is -0.431. The van der Waals surface area contributed by atoms with Gasteiger partial charge < -0.3 is 15.7 Å². The lowest BCUT2D eigenvalue weighted by Gasteiger charge is -2.11. The Kier molecular flexibility index (Phi) is 4.21. The topological polar surface area (TPSA) is 79.2 Å². The van der Waals surface area contributed by atoms with Crippen LogP contribution in [0, 0.1) is 0 Å². The fourth-order valence-electron chi connectivity index (χ4n) is 3.17. The molecule has 0 aliphatic carbocycles. The highest BCUT2D eigenvalue weighted by molar-refractivity contribution is 5.82. The van der Waals surface area contributed by atoms with Crippen LogP contribution >= 0.6 is 0 Å². The van der Waals surface area contributed by atoms with Crippen LogP contribution in [0.25, 0.3) is 16.7 Å². The minimum Gasteiger partial charge on any atom is -0.392 e. The number of aromatic nitrogens is 2. The molecule has 25 heavy (non-hydrogen) atoms. The number of rotatable bonds is 4. The Hall–Kier alpha value is -2.70. The molecule has 0 spiro atoms. The van der Waals surface area contributed by atoms with Crippen LogP contribution in [0.15, 0.2) is 54.9 Å². The van der Waals surface area contributed by atoms with E-state index in [1.807, 2.05) is 59.4 Å². The normalized spacial score (nSPS) is 20.0. The molecule has 6 heteroatoms. The van der Waals surface area contributed by atoms with Gasteiger partial charge in [0.05, 0.1) is 23.2 Å². The van der Waals surface area contributed by atoms with E-state index in [-0.39, 0.29) is 11.9 Å². The number of β-amino-alcohol motifs (C(OH)–C–C–N with tert-alkyl or cyclic N) is 1. The second kappa shape index (κ2) is 6.66. The molecular weight excluding hydrogens is 316 g/mol. The van der Waals surface area contributed by atoms with Gasteiger partial charge in [0.1, 0.15) is 6.33 Å². The average molecular weight is 336 g/mol. The Bertz CT molecular complexity index is 888. The minimum absolute atomic E-state index is 0.0683. The molecular formula is C19H20N4O2. The number of imidazole rings is 1. The van der Waals surface area contributed by atoms with E-state index in [4.69, 9.17) is 0 Å². The molecule has 128 valence electrons. The average Bonchev–Trinajstić information content (AvgIpc) is 3.26. The monoisotopic (exact) mass is 336 g/mol. The molecule has 0 bridgehead atoms. The summed E-state index contributed by atoms with van der Waals surface area (Å²) >= 11 is 0. The van der Waals surface area contributed by atoms with Gasteiger partial charge in [-0.1, -0.05) is 24.3 Å². The van der Waals surface area contributed by atoms with Crippen LogP contribution in [0.1, 0.15) is 12.0 Å². The smallest absolute Gasteiger partial charge is 0.237 e. The third-order valence-corrected chi connectivity index (χ3v) is 4.56. The summed E-state index contributed by atoms with van der Waals surface area (Å²) in [5, 5.41) is 15.4. The van der Waals surface area contributed by atoms with Crippen molar-refractivity contribution in [1.29, 1.82) is 0 Å². The van der Waals surface area contributed by atoms with E-state index in [1.165, 1.54) is 0 Å². The number of aliphatic hydroxyl groups is 1. The number of hydrogen-bond acceptors (Lipinski definition) is 4. The van der Waals surface area contributed by atoms with Gasteiger partial charge >= 0.3 is 0 Å². The van der Waals surface area contributed by atoms with E-state index in [0.717, 1.165) is 22.3 Å². The summed E-state index contributed by atoms with van der Waals surface area (Å²) in [6, 6.07) is 15.8. The molecule has 2 aromatic carbocycles. The molecule has 2 atom stereocenters. The molecule has 6 nitrogen and oxygen atoms in total. The van der Waals surface area contributed by atoms with Crippen molar-refractivity contribution >= 4 is 16.9 Å². The largest absolute Gasteiger partial charge is 0.392 e. The van der Waals surface area contributed by atoms with E-state index in [9.17, 15) is 9.90 Å². The summed E-state index contributed by atoms with van der Waals surface area (Å²) in [7, 11) is 0. The van der Waals surface area contributed by atoms with E-state index >= 15 is 0 Å². The number of fused-ring (bicyclic) bond motifs is 1. The maximum Gasteiger partial charge on any atom is 0.237 e. The number of carbonyl (C=O) groups excluding carboxylic acids is 1. The highest BCUT2D eigenvalue weighted by Crippen LogP contribution is 2.18. The van der Waals surface area contributed by atoms with Crippen LogP contribution in [-0.2, 0) is 11.3 Å². The van der Waals surface area contributed by atoms with Gasteiger partial charge in [0, 0.05) is 18.8 Å². The van der Waals surface area contributed by atoms with Crippen LogP contribution in [0.3, 0.4) is 0 Å². The van der Waals surface area contributed by atoms with Crippen molar-refractivity contribution in [2.24, 2.45) is 0 Å². The van der Waals surface area contributed by atoms with E-state index < -0.39 is 6.10 Å². The maximum atomic E-state index is 12.1. The zero-order valence-corrected chi connectivity index (χ0v) is 13.7. The van der Waals surface area contributed by atoms with Crippen molar-refractivity contribution in [2.75, 3.05) is 6.54 Å². The Balaban J connectivity index is 1.43. The molecule has 0 saturated carbocycles. The molecule has 1 aromatic heterocycles. The van der Waals surface area contributed by atoms with Crippen LogP contribution in [0.2, 0.25) is 0 Å². The number of aliphatic hydroxyl groups excluding tert-OH is 1. The van der Waals surface area contributed by atoms with E-state index in [2.05, 4.69) is 15.6 Å². The second-order valence-electron chi connectivity index (χ2n) is 6.34. The van der Waals surface area contributed by atoms with Crippen molar-refractivity contribution in [3.8, 4) is 5.69 Å². The first-order chi connectivity index (χ1) is 12.2. The molecule has 0 radical (unpaired) electrons. The number of nitrogens with one attached hydrogen (secondary N) is 2. The molecule has 1 saturated heterocycles. The highest BCUT2D eigenvalue weighted by atomic mass is 16.3. The predicted molar refractivity (Wildman–Crippen MR) is 95.3 cm³/mol. The van der Waals surface area contributed by atoms with Crippen molar-refractivity contribution < 1.29 is 9.90 Å². The summed E-state index contributed by atoms with van der Waals surface area (Å²) < 4.78 is 2.04. The van der Waals surface area contributed by atoms with Crippen molar-refractivity contribution in [3.05, 3.63) is 60.4 Å². The standard InChI is InChI=1S/C19H20N4O2/c24-15-9-17(20-11-15)19(25)21-10-13-5-7-14(8-6-13)23-12-22-16-3-1-2-4-18(16)23/h1-8,12,15,17,20,24H,9-11H2,(H,21,25)/t15-,17-/m1/s1. The van der Waals surface area contributed by atoms with Gasteiger partial charge in [-0.05, 0) is 36.2 Å². The van der Waals surface area contributed by atoms with Gasteiger partial charge in [0.15, 0.2) is 0 Å². The van der Waals surface area contributed by atoms with Gasteiger partial charge in [-0.15, -0.1) is 0 Å². The van der Waals surface area contributed by atoms with Crippen molar-refractivity contribution in [1.82, 2.24) is 20.2 Å². The zero-order chi connectivity index (χ0) is 17.2. The maximum absolute atomic E-state index is 12.1. The van der Waals surface area contributed by atoms with Crippen LogP contribution in [0.5, 0.6) is 0 Å². The molecule has 3 N–H and O–H groups in total. The van der Waals surface area contributed by atoms with Gasteiger partial charge in [-0.2, -0.15) is 0 Å². The quantitative estimate of drug-likeness (QED) is 0.672. The predicted octanol–water partition coefficient (Wildman–Crippen LogP) is 1.36. The number of hydrogen-bond donors (Lipinski definition) is 3. The molecule has 0 unspecified atom stereocenters. The van der Waals surface area contributed by atoms with Gasteiger partial charge in [-0.25, -0.2) is 4.98 Å². The highest BCUT2D eigenvalue weighted by Gasteiger charge is 2.27. The summed E-state index contributed by atoms with van der Waals surface area (Å²) in [6.45, 7) is 0.948. The summed E-state index contributed by atoms with van der Waals surface area (Å²) in [5.41, 5.74) is 4.09. The fraction of sp³-hybridized carbons (Fsp3) is 0.263. The molecule has 1 amide bonds. The number of para-hydroxylation sites is 2. The van der Waals surface area contributed by atoms with E-state index in [0.29, 0.717) is 19.5 Å². The first kappa shape index (κ1) is 15.8. The lowest BCUT2D eigenvalue weighted by molar-refractivity contribution is -0.123. The first-order valence-corrected chi connectivity index (χ1v) is 8.41. The summed E-state index contributed by atoms with van der Waals surface area (Å²) in [4.78, 5) is 16.5. The second-order valence-corrected chi connectivity index (χ2v) is 6.34. The Morgan fingerprint density at radius 2 is 2.04 bits per heavy atom. The van der Waals surface area contributed by atoms with E-state index in [1.54, 1.807) is 0 Å². The van der Waals surface area contributed by atoms with Crippen molar-refractivity contribution in [3.63, 3.8) is 0 Å². The lowest BCUT2D eigenvalue weighted by atomic mass is 10.1. The van der Waals surface area contributed by atoms with Gasteiger partial charge in [0.2, 0.25) is 5.91 Å². The third kappa shape index (κ3) is 3.26. The number of benzene rings is 2. The Morgan fingerprint density at radius 3 is 2.80 bits per heavy atom. The molecule has 2 heterocycles. The molecule has 3 aromatic rings. The third-order valence-electron chi connectivity index (χ3n) is 4.56. The number of carbonyl (C=O) groups is 1. The number of amides is 1. The lowest BCUT2D eigenvalue weighted by Crippen LogP contribution is -2.39. The van der Waals surface area contributed by atoms with Gasteiger partial charge in [-0.3, -0.25) is 9.36 Å². The van der Waals surface area contributed by atoms with Crippen LogP contribution in [-0.4, -0.2) is 39.3 Å². The molecule has 1 fully saturated rings. The van der Waals surface area contributed by atoms with Crippen LogP contribution < -0.4 is 10.6 Å². The van der Waals surface area contributed by atoms with Crippen LogP contribution in [0.4, 0.5) is 0 Å². The fourth-order valence-corrected chi connectivity index (χ4v) is 3.17. The molecule has 1 aliphatic heterocycles. The summed E-state index contributed by atoms with van der Waals surface area (Å²) in [6.07, 6.45) is 1.86. The number of nitrogens with zero attached hydrogens (tertiary/aromatic N) is 2. The first-order valence-electron chi connectivity index (χ1n) is 8.41. The SMILES string of the molecule is O=C(NCc1ccc(-n2cnc3ccccc32)cc1)[C@H]1C[C@@H](O)CN1. The zero-order valence-electron chi connectivity index (χ0n) is 13.7. The Labute approximate surface area is 145 Å². The Morgan fingerprint density at radius 1 is 1.24 bits per heavy atom. The van der Waals surface area contributed by atoms with Crippen molar-refractivity contribution in [2.45, 2.75) is 25.1 Å². The summed E-state index contributed by atoms with van der Waals surface area (Å²) in [5.74, 6) is -0.0683. The molecule has 1 aliphatic rings.